The van der Waals surface area contributed by atoms with Crippen molar-refractivity contribution >= 4 is 11.9 Å². The lowest BCUT2D eigenvalue weighted by molar-refractivity contribution is -0.128. The summed E-state index contributed by atoms with van der Waals surface area (Å²) in [6.07, 6.45) is 0.404. The van der Waals surface area contributed by atoms with Crippen molar-refractivity contribution in [2.45, 2.75) is 31.9 Å². The molecule has 28 heavy (non-hydrogen) atoms. The van der Waals surface area contributed by atoms with Gasteiger partial charge in [-0.15, -0.1) is 0 Å². The molecule has 2 N–H and O–H groups in total. The molecule has 0 bridgehead atoms. The van der Waals surface area contributed by atoms with Crippen molar-refractivity contribution in [3.63, 3.8) is 0 Å². The van der Waals surface area contributed by atoms with E-state index >= 15 is 0 Å². The molecule has 2 atom stereocenters. The number of rotatable bonds is 9. The fraction of sp³-hybridized carbons (Fsp3) is 0.333. The minimum absolute atomic E-state index is 0.0333. The number of hydrogen-bond acceptors (Lipinski definition) is 5. The SMILES string of the molecule is CCC[C@H]1NC(=O)N(C[C@H](O)COc2ccc(Oc3ccccc3)cc2)C1=O. The van der Waals surface area contributed by atoms with Crippen LogP contribution in [0, 0.1) is 0 Å². The molecule has 3 rings (SSSR count). The van der Waals surface area contributed by atoms with Gasteiger partial charge in [-0.25, -0.2) is 4.79 Å². The van der Waals surface area contributed by atoms with Gasteiger partial charge in [-0.05, 0) is 42.8 Å². The zero-order chi connectivity index (χ0) is 19.9. The highest BCUT2D eigenvalue weighted by molar-refractivity contribution is 6.04. The molecule has 148 valence electrons. The van der Waals surface area contributed by atoms with Crippen molar-refractivity contribution in [1.29, 1.82) is 0 Å². The number of imide groups is 1. The van der Waals surface area contributed by atoms with Gasteiger partial charge in [0.15, 0.2) is 0 Å². The van der Waals surface area contributed by atoms with Crippen LogP contribution in [0.25, 0.3) is 0 Å². The van der Waals surface area contributed by atoms with E-state index in [9.17, 15) is 14.7 Å². The predicted molar refractivity (Wildman–Crippen MR) is 103 cm³/mol. The van der Waals surface area contributed by atoms with Crippen LogP contribution in [-0.4, -0.2) is 47.2 Å². The molecule has 1 heterocycles. The Bertz CT molecular complexity index is 794. The molecule has 0 saturated carbocycles. The van der Waals surface area contributed by atoms with Gasteiger partial charge in [-0.2, -0.15) is 0 Å². The van der Waals surface area contributed by atoms with Crippen LogP contribution in [0.1, 0.15) is 19.8 Å². The van der Waals surface area contributed by atoms with Gasteiger partial charge in [0.05, 0.1) is 6.54 Å². The van der Waals surface area contributed by atoms with Gasteiger partial charge in [-0.1, -0.05) is 31.5 Å². The van der Waals surface area contributed by atoms with Crippen LogP contribution in [0.2, 0.25) is 0 Å². The summed E-state index contributed by atoms with van der Waals surface area (Å²) in [5.41, 5.74) is 0. The molecule has 7 heteroatoms. The second-order valence-corrected chi connectivity index (χ2v) is 6.59. The van der Waals surface area contributed by atoms with Gasteiger partial charge in [0.2, 0.25) is 0 Å². The van der Waals surface area contributed by atoms with Crippen molar-refractivity contribution in [2.24, 2.45) is 0 Å². The highest BCUT2D eigenvalue weighted by atomic mass is 16.5. The summed E-state index contributed by atoms with van der Waals surface area (Å²) in [6, 6.07) is 15.5. The number of ether oxygens (including phenoxy) is 2. The number of carbonyl (C=O) groups is 2. The van der Waals surface area contributed by atoms with Gasteiger partial charge < -0.3 is 19.9 Å². The summed E-state index contributed by atoms with van der Waals surface area (Å²) >= 11 is 0. The van der Waals surface area contributed by atoms with E-state index in [0.29, 0.717) is 17.9 Å². The maximum absolute atomic E-state index is 12.2. The lowest BCUT2D eigenvalue weighted by Gasteiger charge is -2.18. The Hall–Kier alpha value is -3.06. The van der Waals surface area contributed by atoms with E-state index in [1.165, 1.54) is 0 Å². The second-order valence-electron chi connectivity index (χ2n) is 6.59. The van der Waals surface area contributed by atoms with Crippen molar-refractivity contribution in [3.8, 4) is 17.2 Å². The van der Waals surface area contributed by atoms with Crippen LogP contribution in [0.5, 0.6) is 17.2 Å². The fourth-order valence-electron chi connectivity index (χ4n) is 2.92. The molecule has 0 aliphatic carbocycles. The Kier molecular flexibility index (Phi) is 6.49. The summed E-state index contributed by atoms with van der Waals surface area (Å²) in [5, 5.41) is 12.8. The molecule has 0 unspecified atom stereocenters. The molecule has 1 saturated heterocycles. The Morgan fingerprint density at radius 2 is 1.68 bits per heavy atom. The number of benzene rings is 2. The first-order chi connectivity index (χ1) is 13.6. The van der Waals surface area contributed by atoms with Gasteiger partial charge in [0.1, 0.15) is 36.0 Å². The normalized spacial score (nSPS) is 17.4. The number of urea groups is 1. The van der Waals surface area contributed by atoms with Gasteiger partial charge in [0.25, 0.3) is 5.91 Å². The minimum Gasteiger partial charge on any atom is -0.491 e. The lowest BCUT2D eigenvalue weighted by Crippen LogP contribution is -2.40. The maximum atomic E-state index is 12.2. The Morgan fingerprint density at radius 1 is 1.04 bits per heavy atom. The number of aliphatic hydroxyl groups excluding tert-OH is 1. The van der Waals surface area contributed by atoms with E-state index in [1.54, 1.807) is 24.3 Å². The third kappa shape index (κ3) is 5.01. The number of nitrogens with one attached hydrogen (secondary N) is 1. The monoisotopic (exact) mass is 384 g/mol. The van der Waals surface area contributed by atoms with E-state index in [2.05, 4.69) is 5.32 Å². The fourth-order valence-corrected chi connectivity index (χ4v) is 2.92. The quantitative estimate of drug-likeness (QED) is 0.649. The average Bonchev–Trinajstić information content (AvgIpc) is 2.96. The van der Waals surface area contributed by atoms with Crippen molar-refractivity contribution in [1.82, 2.24) is 10.2 Å². The molecule has 0 radical (unpaired) electrons. The van der Waals surface area contributed by atoms with E-state index in [1.807, 2.05) is 37.3 Å². The number of carbonyl (C=O) groups excluding carboxylic acids is 2. The molecule has 1 aliphatic rings. The van der Waals surface area contributed by atoms with Crippen LogP contribution in [-0.2, 0) is 4.79 Å². The van der Waals surface area contributed by atoms with Crippen molar-refractivity contribution < 1.29 is 24.2 Å². The molecule has 1 fully saturated rings. The van der Waals surface area contributed by atoms with E-state index in [0.717, 1.165) is 17.1 Å². The standard InChI is InChI=1S/C21H24N2O5/c1-2-6-19-20(25)23(21(26)22-19)13-15(24)14-27-16-9-11-18(12-10-16)28-17-7-4-3-5-8-17/h3-5,7-12,15,19,24H,2,6,13-14H2,1H3,(H,22,26)/t15-,19+/m0/s1. The van der Waals surface area contributed by atoms with E-state index < -0.39 is 18.2 Å². The zero-order valence-corrected chi connectivity index (χ0v) is 15.7. The van der Waals surface area contributed by atoms with Crippen molar-refractivity contribution in [3.05, 3.63) is 54.6 Å². The van der Waals surface area contributed by atoms with Crippen LogP contribution < -0.4 is 14.8 Å². The summed E-state index contributed by atoms with van der Waals surface area (Å²) in [7, 11) is 0. The molecule has 3 amide bonds. The molecular weight excluding hydrogens is 360 g/mol. The van der Waals surface area contributed by atoms with Gasteiger partial charge >= 0.3 is 6.03 Å². The molecule has 2 aromatic rings. The van der Waals surface area contributed by atoms with Gasteiger partial charge in [-0.3, -0.25) is 9.69 Å². The summed E-state index contributed by atoms with van der Waals surface area (Å²) in [5.74, 6) is 1.66. The molecule has 0 spiro atoms. The largest absolute Gasteiger partial charge is 0.491 e. The Balaban J connectivity index is 1.47. The topological polar surface area (TPSA) is 88.1 Å². The first kappa shape index (κ1) is 19.7. The lowest BCUT2D eigenvalue weighted by atomic mass is 10.1. The summed E-state index contributed by atoms with van der Waals surface area (Å²) < 4.78 is 11.3. The second kappa shape index (κ2) is 9.23. The van der Waals surface area contributed by atoms with E-state index in [4.69, 9.17) is 9.47 Å². The highest BCUT2D eigenvalue weighted by Gasteiger charge is 2.38. The number of para-hydroxylation sites is 1. The van der Waals surface area contributed by atoms with Crippen molar-refractivity contribution in [2.75, 3.05) is 13.2 Å². The van der Waals surface area contributed by atoms with Crippen LogP contribution in [0.15, 0.2) is 54.6 Å². The summed E-state index contributed by atoms with van der Waals surface area (Å²) in [6.45, 7) is 1.81. The third-order valence-electron chi connectivity index (χ3n) is 4.32. The van der Waals surface area contributed by atoms with Crippen LogP contribution >= 0.6 is 0 Å². The molecule has 2 aromatic carbocycles. The predicted octanol–water partition coefficient (Wildman–Crippen LogP) is 2.94. The Labute approximate surface area is 163 Å². The smallest absolute Gasteiger partial charge is 0.324 e. The molecule has 7 nitrogen and oxygen atoms in total. The maximum Gasteiger partial charge on any atom is 0.324 e. The number of aliphatic hydroxyl groups is 1. The summed E-state index contributed by atoms with van der Waals surface area (Å²) in [4.78, 5) is 25.1. The molecular formula is C21H24N2O5. The number of β-amino-alcohol motifs (C(OH)–C–C–N with tert-alkyl or cyclic N) is 1. The average molecular weight is 384 g/mol. The molecule has 1 aliphatic heterocycles. The Morgan fingerprint density at radius 3 is 2.36 bits per heavy atom. The minimum atomic E-state index is -0.977. The van der Waals surface area contributed by atoms with Gasteiger partial charge in [0, 0.05) is 0 Å². The highest BCUT2D eigenvalue weighted by Crippen LogP contribution is 2.23. The first-order valence-corrected chi connectivity index (χ1v) is 9.32. The van der Waals surface area contributed by atoms with E-state index in [-0.39, 0.29) is 19.1 Å². The first-order valence-electron chi connectivity index (χ1n) is 9.32. The number of amides is 3. The molecule has 0 aromatic heterocycles. The van der Waals surface area contributed by atoms with Crippen LogP contribution in [0.4, 0.5) is 4.79 Å². The number of nitrogens with zero attached hydrogens (tertiary/aromatic N) is 1. The third-order valence-corrected chi connectivity index (χ3v) is 4.32. The zero-order valence-electron chi connectivity index (χ0n) is 15.7. The van der Waals surface area contributed by atoms with Crippen LogP contribution in [0.3, 0.4) is 0 Å². The number of hydrogen-bond donors (Lipinski definition) is 2.